The van der Waals surface area contributed by atoms with Crippen molar-refractivity contribution in [1.29, 1.82) is 0 Å². The Morgan fingerprint density at radius 2 is 2.10 bits per heavy atom. The topological polar surface area (TPSA) is 59.1 Å². The van der Waals surface area contributed by atoms with Gasteiger partial charge in [-0.2, -0.15) is 0 Å². The minimum absolute atomic E-state index is 0.325. The zero-order valence-electron chi connectivity index (χ0n) is 13.0. The first kappa shape index (κ1) is 14.5. The lowest BCUT2D eigenvalue weighted by molar-refractivity contribution is 0.176. The maximum Gasteiger partial charge on any atom is 0.127 e. The first-order chi connectivity index (χ1) is 10.2. The predicted molar refractivity (Wildman–Crippen MR) is 86.4 cm³/mol. The monoisotopic (exact) mass is 287 g/mol. The number of nitrogens with zero attached hydrogens (tertiary/aromatic N) is 3. The molecule has 1 unspecified atom stereocenters. The molecule has 1 saturated heterocycles. The Kier molecular flexibility index (Phi) is 4.24. The molecule has 1 atom stereocenters. The largest absolute Gasteiger partial charge is 0.329 e. The summed E-state index contributed by atoms with van der Waals surface area (Å²) in [7, 11) is 0. The molecule has 1 fully saturated rings. The van der Waals surface area contributed by atoms with Crippen LogP contribution < -0.4 is 11.1 Å². The molecule has 0 spiro atoms. The summed E-state index contributed by atoms with van der Waals surface area (Å²) in [6.07, 6.45) is 0. The fourth-order valence-electron chi connectivity index (χ4n) is 3.17. The van der Waals surface area contributed by atoms with Gasteiger partial charge in [-0.15, -0.1) is 0 Å². The van der Waals surface area contributed by atoms with E-state index in [4.69, 9.17) is 10.7 Å². The molecule has 21 heavy (non-hydrogen) atoms. The number of piperazine rings is 1. The van der Waals surface area contributed by atoms with E-state index in [-0.39, 0.29) is 0 Å². The third-order valence-electron chi connectivity index (χ3n) is 4.36. The van der Waals surface area contributed by atoms with E-state index in [0.717, 1.165) is 44.1 Å². The summed E-state index contributed by atoms with van der Waals surface area (Å²) in [5.41, 5.74) is 9.35. The molecule has 1 aliphatic heterocycles. The molecule has 5 heteroatoms. The molecule has 2 aromatic rings. The van der Waals surface area contributed by atoms with Crippen molar-refractivity contribution in [3.63, 3.8) is 0 Å². The smallest absolute Gasteiger partial charge is 0.127 e. The van der Waals surface area contributed by atoms with E-state index < -0.39 is 0 Å². The fourth-order valence-corrected chi connectivity index (χ4v) is 3.17. The summed E-state index contributed by atoms with van der Waals surface area (Å²) in [5.74, 6) is 1.14. The van der Waals surface area contributed by atoms with E-state index in [1.54, 1.807) is 0 Å². The van der Waals surface area contributed by atoms with Gasteiger partial charge in [0.1, 0.15) is 5.82 Å². The van der Waals surface area contributed by atoms with Crippen LogP contribution in [0.5, 0.6) is 0 Å². The van der Waals surface area contributed by atoms with Gasteiger partial charge in [-0.05, 0) is 31.5 Å². The average Bonchev–Trinajstić information content (AvgIpc) is 2.85. The Morgan fingerprint density at radius 3 is 2.81 bits per heavy atom. The SMILES string of the molecule is Cc1ccc2c(c1)nc(C(C)N1CCNCC1)n2CCN. The fraction of sp³-hybridized carbons (Fsp3) is 0.562. The summed E-state index contributed by atoms with van der Waals surface area (Å²) in [6.45, 7) is 10.1. The van der Waals surface area contributed by atoms with Gasteiger partial charge < -0.3 is 15.6 Å². The molecule has 2 heterocycles. The Bertz CT molecular complexity index is 612. The number of hydrogen-bond donors (Lipinski definition) is 2. The van der Waals surface area contributed by atoms with Gasteiger partial charge in [0.05, 0.1) is 17.1 Å². The van der Waals surface area contributed by atoms with E-state index >= 15 is 0 Å². The molecule has 1 aliphatic rings. The zero-order chi connectivity index (χ0) is 14.8. The van der Waals surface area contributed by atoms with Crippen molar-refractivity contribution in [2.75, 3.05) is 32.7 Å². The third kappa shape index (κ3) is 2.81. The second-order valence-electron chi connectivity index (χ2n) is 5.86. The van der Waals surface area contributed by atoms with Gasteiger partial charge in [0, 0.05) is 39.3 Å². The number of fused-ring (bicyclic) bond motifs is 1. The number of nitrogens with two attached hydrogens (primary N) is 1. The standard InChI is InChI=1S/C16H25N5/c1-12-3-4-15-14(11-12)19-16(21(15)8-5-17)13(2)20-9-6-18-7-10-20/h3-4,11,13,18H,5-10,17H2,1-2H3. The van der Waals surface area contributed by atoms with Crippen LogP contribution in [0.15, 0.2) is 18.2 Å². The molecule has 114 valence electrons. The molecule has 0 saturated carbocycles. The lowest BCUT2D eigenvalue weighted by Crippen LogP contribution is -2.45. The van der Waals surface area contributed by atoms with Crippen LogP contribution >= 0.6 is 0 Å². The van der Waals surface area contributed by atoms with Gasteiger partial charge in [0.15, 0.2) is 0 Å². The number of aryl methyl sites for hydroxylation is 1. The zero-order valence-corrected chi connectivity index (χ0v) is 13.0. The molecule has 1 aromatic heterocycles. The Balaban J connectivity index is 2.01. The van der Waals surface area contributed by atoms with E-state index in [1.807, 2.05) is 0 Å². The minimum Gasteiger partial charge on any atom is -0.329 e. The van der Waals surface area contributed by atoms with E-state index in [1.165, 1.54) is 11.1 Å². The van der Waals surface area contributed by atoms with Crippen LogP contribution in [0, 0.1) is 6.92 Å². The Morgan fingerprint density at radius 1 is 1.33 bits per heavy atom. The van der Waals surface area contributed by atoms with Gasteiger partial charge in [0.2, 0.25) is 0 Å². The predicted octanol–water partition coefficient (Wildman–Crippen LogP) is 1.27. The molecule has 1 aromatic carbocycles. The third-order valence-corrected chi connectivity index (χ3v) is 4.36. The van der Waals surface area contributed by atoms with Crippen LogP contribution in [0.4, 0.5) is 0 Å². The molecular formula is C16H25N5. The van der Waals surface area contributed by atoms with E-state index in [2.05, 4.69) is 46.8 Å². The first-order valence-corrected chi connectivity index (χ1v) is 7.82. The van der Waals surface area contributed by atoms with Crippen molar-refractivity contribution in [3.8, 4) is 0 Å². The average molecular weight is 287 g/mol. The number of imidazole rings is 1. The van der Waals surface area contributed by atoms with Crippen molar-refractivity contribution in [2.24, 2.45) is 5.73 Å². The summed E-state index contributed by atoms with van der Waals surface area (Å²) in [5, 5.41) is 3.41. The lowest BCUT2D eigenvalue weighted by Gasteiger charge is -2.32. The van der Waals surface area contributed by atoms with Crippen molar-refractivity contribution < 1.29 is 0 Å². The second-order valence-corrected chi connectivity index (χ2v) is 5.86. The van der Waals surface area contributed by atoms with Gasteiger partial charge in [-0.3, -0.25) is 4.90 Å². The number of nitrogens with one attached hydrogen (secondary N) is 1. The van der Waals surface area contributed by atoms with Crippen LogP contribution in [0.3, 0.4) is 0 Å². The summed E-state index contributed by atoms with van der Waals surface area (Å²) < 4.78 is 2.29. The second kappa shape index (κ2) is 6.13. The van der Waals surface area contributed by atoms with Gasteiger partial charge in [0.25, 0.3) is 0 Å². The highest BCUT2D eigenvalue weighted by Gasteiger charge is 2.23. The van der Waals surface area contributed by atoms with Crippen LogP contribution in [-0.2, 0) is 6.54 Å². The first-order valence-electron chi connectivity index (χ1n) is 7.82. The number of rotatable bonds is 4. The maximum atomic E-state index is 5.82. The van der Waals surface area contributed by atoms with Crippen LogP contribution in [0.1, 0.15) is 24.4 Å². The van der Waals surface area contributed by atoms with Crippen molar-refractivity contribution in [2.45, 2.75) is 26.4 Å². The quantitative estimate of drug-likeness (QED) is 0.889. The van der Waals surface area contributed by atoms with Crippen molar-refractivity contribution in [1.82, 2.24) is 19.8 Å². The molecule has 3 rings (SSSR count). The number of aromatic nitrogens is 2. The van der Waals surface area contributed by atoms with Crippen LogP contribution in [0.25, 0.3) is 11.0 Å². The van der Waals surface area contributed by atoms with Gasteiger partial charge in [-0.1, -0.05) is 6.07 Å². The van der Waals surface area contributed by atoms with Gasteiger partial charge in [-0.25, -0.2) is 4.98 Å². The van der Waals surface area contributed by atoms with Gasteiger partial charge >= 0.3 is 0 Å². The molecule has 0 bridgehead atoms. The van der Waals surface area contributed by atoms with E-state index in [9.17, 15) is 0 Å². The molecule has 5 nitrogen and oxygen atoms in total. The molecule has 0 amide bonds. The Labute approximate surface area is 126 Å². The molecule has 0 radical (unpaired) electrons. The minimum atomic E-state index is 0.325. The van der Waals surface area contributed by atoms with Crippen LogP contribution in [-0.4, -0.2) is 47.2 Å². The summed E-state index contributed by atoms with van der Waals surface area (Å²) in [6, 6.07) is 6.81. The van der Waals surface area contributed by atoms with Crippen LogP contribution in [0.2, 0.25) is 0 Å². The molecule has 3 N–H and O–H groups in total. The molecular weight excluding hydrogens is 262 g/mol. The Hall–Kier alpha value is -1.43. The number of hydrogen-bond acceptors (Lipinski definition) is 4. The highest BCUT2D eigenvalue weighted by atomic mass is 15.2. The maximum absolute atomic E-state index is 5.82. The molecule has 0 aliphatic carbocycles. The van der Waals surface area contributed by atoms with Crippen molar-refractivity contribution in [3.05, 3.63) is 29.6 Å². The lowest BCUT2D eigenvalue weighted by atomic mass is 10.2. The normalized spacial score (nSPS) is 18.2. The number of benzene rings is 1. The summed E-state index contributed by atoms with van der Waals surface area (Å²) in [4.78, 5) is 7.41. The highest BCUT2D eigenvalue weighted by Crippen LogP contribution is 2.25. The van der Waals surface area contributed by atoms with E-state index in [0.29, 0.717) is 12.6 Å². The van der Waals surface area contributed by atoms with Crippen molar-refractivity contribution >= 4 is 11.0 Å². The summed E-state index contributed by atoms with van der Waals surface area (Å²) >= 11 is 0. The highest BCUT2D eigenvalue weighted by molar-refractivity contribution is 5.77.